The van der Waals surface area contributed by atoms with Crippen LogP contribution in [0.1, 0.15) is 12.1 Å². The van der Waals surface area contributed by atoms with Crippen LogP contribution in [-0.2, 0) is 27.3 Å². The van der Waals surface area contributed by atoms with E-state index in [1.165, 1.54) is 0 Å². The molecule has 2 aromatic rings. The number of hydrogen-bond donors (Lipinski definition) is 1. The SMILES string of the molecule is O=C(C[C@@H]1COCCN1C(=O)Cc1ccccn1)NCCn1cccn1. The van der Waals surface area contributed by atoms with Gasteiger partial charge in [0.2, 0.25) is 11.8 Å². The summed E-state index contributed by atoms with van der Waals surface area (Å²) in [6.07, 6.45) is 5.68. The number of carbonyl (C=O) groups excluding carboxylic acids is 2. The number of amides is 2. The second-order valence-electron chi connectivity index (χ2n) is 6.14. The molecule has 1 aliphatic rings. The molecule has 2 amide bonds. The minimum atomic E-state index is -0.246. The van der Waals surface area contributed by atoms with Crippen LogP contribution in [0.4, 0.5) is 0 Å². The number of hydrogen-bond acceptors (Lipinski definition) is 5. The third-order valence-corrected chi connectivity index (χ3v) is 4.25. The number of morpholine rings is 1. The largest absolute Gasteiger partial charge is 0.377 e. The number of nitrogens with zero attached hydrogens (tertiary/aromatic N) is 4. The van der Waals surface area contributed by atoms with E-state index < -0.39 is 0 Å². The van der Waals surface area contributed by atoms with Crippen LogP contribution in [0.15, 0.2) is 42.9 Å². The first-order valence-corrected chi connectivity index (χ1v) is 8.73. The first-order valence-electron chi connectivity index (χ1n) is 8.73. The molecule has 2 aromatic heterocycles. The summed E-state index contributed by atoms with van der Waals surface area (Å²) < 4.78 is 7.23. The van der Waals surface area contributed by atoms with Gasteiger partial charge in [-0.25, -0.2) is 0 Å². The minimum absolute atomic E-state index is 0.0265. The number of ether oxygens (including phenoxy) is 1. The Labute approximate surface area is 152 Å². The molecule has 8 nitrogen and oxygen atoms in total. The lowest BCUT2D eigenvalue weighted by molar-refractivity contribution is -0.141. The molecule has 1 N–H and O–H groups in total. The van der Waals surface area contributed by atoms with Crippen molar-refractivity contribution in [1.29, 1.82) is 0 Å². The van der Waals surface area contributed by atoms with Crippen molar-refractivity contribution < 1.29 is 14.3 Å². The minimum Gasteiger partial charge on any atom is -0.377 e. The van der Waals surface area contributed by atoms with Gasteiger partial charge in [0.05, 0.1) is 32.2 Å². The highest BCUT2D eigenvalue weighted by atomic mass is 16.5. The summed E-state index contributed by atoms with van der Waals surface area (Å²) >= 11 is 0. The summed E-state index contributed by atoms with van der Waals surface area (Å²) in [5, 5.41) is 6.96. The van der Waals surface area contributed by atoms with E-state index in [4.69, 9.17) is 4.74 Å². The number of aromatic nitrogens is 3. The Morgan fingerprint density at radius 3 is 2.96 bits per heavy atom. The molecule has 3 rings (SSSR count). The lowest BCUT2D eigenvalue weighted by Gasteiger charge is -2.35. The Bertz CT molecular complexity index is 705. The van der Waals surface area contributed by atoms with Crippen LogP contribution in [0.25, 0.3) is 0 Å². The average Bonchev–Trinajstić information content (AvgIpc) is 3.16. The lowest BCUT2D eigenvalue weighted by atomic mass is 10.1. The molecule has 0 aromatic carbocycles. The van der Waals surface area contributed by atoms with Crippen LogP contribution in [0.5, 0.6) is 0 Å². The second kappa shape index (κ2) is 9.10. The van der Waals surface area contributed by atoms with Crippen LogP contribution in [0, 0.1) is 0 Å². The zero-order valence-electron chi connectivity index (χ0n) is 14.6. The summed E-state index contributed by atoms with van der Waals surface area (Å²) in [7, 11) is 0. The third-order valence-electron chi connectivity index (χ3n) is 4.25. The number of rotatable bonds is 7. The third kappa shape index (κ3) is 5.13. The van der Waals surface area contributed by atoms with Crippen LogP contribution < -0.4 is 5.32 Å². The molecule has 8 heteroatoms. The summed E-state index contributed by atoms with van der Waals surface area (Å²) in [6.45, 7) is 2.47. The first kappa shape index (κ1) is 18.1. The van der Waals surface area contributed by atoms with Gasteiger partial charge < -0.3 is 15.0 Å². The maximum Gasteiger partial charge on any atom is 0.229 e. The van der Waals surface area contributed by atoms with Crippen molar-refractivity contribution in [2.75, 3.05) is 26.3 Å². The van der Waals surface area contributed by atoms with Gasteiger partial charge in [-0.1, -0.05) is 6.07 Å². The van der Waals surface area contributed by atoms with E-state index in [1.807, 2.05) is 30.5 Å². The molecular formula is C18H23N5O3. The fourth-order valence-electron chi connectivity index (χ4n) is 2.94. The Hall–Kier alpha value is -2.74. The normalized spacial score (nSPS) is 17.1. The molecule has 0 bridgehead atoms. The van der Waals surface area contributed by atoms with Crippen LogP contribution in [-0.4, -0.2) is 63.8 Å². The molecule has 1 fully saturated rings. The standard InChI is InChI=1S/C18H23N5O3/c24-17(20-7-9-22-8-3-6-21-22)13-16-14-26-11-10-23(16)18(25)12-15-4-1-2-5-19-15/h1-6,8,16H,7,9-14H2,(H,20,24)/t16-/m1/s1. The highest BCUT2D eigenvalue weighted by Crippen LogP contribution is 2.13. The van der Waals surface area contributed by atoms with Crippen LogP contribution in [0.2, 0.25) is 0 Å². The maximum absolute atomic E-state index is 12.6. The fourth-order valence-corrected chi connectivity index (χ4v) is 2.94. The maximum atomic E-state index is 12.6. The van der Waals surface area contributed by atoms with E-state index in [0.717, 1.165) is 5.69 Å². The number of pyridine rings is 1. The van der Waals surface area contributed by atoms with E-state index in [0.29, 0.717) is 32.8 Å². The topological polar surface area (TPSA) is 89.4 Å². The number of nitrogens with one attached hydrogen (secondary N) is 1. The molecule has 0 saturated carbocycles. The number of carbonyl (C=O) groups is 2. The quantitative estimate of drug-likeness (QED) is 0.767. The van der Waals surface area contributed by atoms with Gasteiger partial charge in [-0.3, -0.25) is 19.3 Å². The summed E-state index contributed by atoms with van der Waals surface area (Å²) in [5.74, 6) is -0.121. The van der Waals surface area contributed by atoms with E-state index in [1.54, 1.807) is 22.0 Å². The summed E-state index contributed by atoms with van der Waals surface area (Å²) in [6, 6.07) is 7.10. The molecule has 138 valence electrons. The Kier molecular flexibility index (Phi) is 6.32. The highest BCUT2D eigenvalue weighted by Gasteiger charge is 2.29. The molecule has 1 saturated heterocycles. The van der Waals surface area contributed by atoms with Crippen molar-refractivity contribution in [1.82, 2.24) is 25.0 Å². The van der Waals surface area contributed by atoms with E-state index >= 15 is 0 Å². The van der Waals surface area contributed by atoms with E-state index in [-0.39, 0.29) is 30.7 Å². The van der Waals surface area contributed by atoms with Crippen molar-refractivity contribution in [3.8, 4) is 0 Å². The van der Waals surface area contributed by atoms with Crippen LogP contribution >= 0.6 is 0 Å². The van der Waals surface area contributed by atoms with Gasteiger partial charge in [0.1, 0.15) is 0 Å². The molecule has 1 atom stereocenters. The van der Waals surface area contributed by atoms with Gasteiger partial charge in [-0.05, 0) is 18.2 Å². The van der Waals surface area contributed by atoms with Gasteiger partial charge in [-0.2, -0.15) is 5.10 Å². The van der Waals surface area contributed by atoms with Crippen molar-refractivity contribution in [3.63, 3.8) is 0 Å². The predicted octanol–water partition coefficient (Wildman–Crippen LogP) is 0.254. The van der Waals surface area contributed by atoms with Gasteiger partial charge in [0, 0.05) is 43.8 Å². The van der Waals surface area contributed by atoms with Gasteiger partial charge in [0.15, 0.2) is 0 Å². The fraction of sp³-hybridized carbons (Fsp3) is 0.444. The van der Waals surface area contributed by atoms with E-state index in [2.05, 4.69) is 15.4 Å². The molecule has 0 radical (unpaired) electrons. The highest BCUT2D eigenvalue weighted by molar-refractivity contribution is 5.81. The average molecular weight is 357 g/mol. The van der Waals surface area contributed by atoms with Gasteiger partial charge >= 0.3 is 0 Å². The van der Waals surface area contributed by atoms with Crippen LogP contribution in [0.3, 0.4) is 0 Å². The van der Waals surface area contributed by atoms with E-state index in [9.17, 15) is 9.59 Å². The molecule has 0 aliphatic carbocycles. The van der Waals surface area contributed by atoms with Crippen molar-refractivity contribution in [2.45, 2.75) is 25.4 Å². The molecule has 0 spiro atoms. The summed E-state index contributed by atoms with van der Waals surface area (Å²) in [5.41, 5.74) is 0.728. The van der Waals surface area contributed by atoms with Crippen molar-refractivity contribution >= 4 is 11.8 Å². The van der Waals surface area contributed by atoms with Crippen molar-refractivity contribution in [3.05, 3.63) is 48.5 Å². The Morgan fingerprint density at radius 2 is 2.19 bits per heavy atom. The lowest BCUT2D eigenvalue weighted by Crippen LogP contribution is -2.51. The Morgan fingerprint density at radius 1 is 1.27 bits per heavy atom. The molecule has 3 heterocycles. The zero-order valence-corrected chi connectivity index (χ0v) is 14.6. The molecular weight excluding hydrogens is 334 g/mol. The first-order chi connectivity index (χ1) is 12.7. The van der Waals surface area contributed by atoms with Gasteiger partial charge in [-0.15, -0.1) is 0 Å². The predicted molar refractivity (Wildman–Crippen MR) is 94.1 cm³/mol. The second-order valence-corrected chi connectivity index (χ2v) is 6.14. The monoisotopic (exact) mass is 357 g/mol. The molecule has 1 aliphatic heterocycles. The smallest absolute Gasteiger partial charge is 0.229 e. The van der Waals surface area contributed by atoms with Crippen molar-refractivity contribution in [2.24, 2.45) is 0 Å². The zero-order chi connectivity index (χ0) is 18.2. The summed E-state index contributed by atoms with van der Waals surface area (Å²) in [4.78, 5) is 30.8. The molecule has 0 unspecified atom stereocenters. The Balaban J connectivity index is 1.49. The van der Waals surface area contributed by atoms with Gasteiger partial charge in [0.25, 0.3) is 0 Å². The molecule has 26 heavy (non-hydrogen) atoms.